The number of carbonyl (C=O) groups is 1. The molecule has 0 radical (unpaired) electrons. The Balaban J connectivity index is 2.67. The van der Waals surface area contributed by atoms with Gasteiger partial charge in [0.1, 0.15) is 12.2 Å². The van der Waals surface area contributed by atoms with Gasteiger partial charge in [-0.05, 0) is 38.5 Å². The smallest absolute Gasteiger partial charge is 0.338 e. The summed E-state index contributed by atoms with van der Waals surface area (Å²) in [6.07, 6.45) is 0. The molecule has 0 unspecified atom stereocenters. The van der Waals surface area contributed by atoms with Crippen LogP contribution in [0.2, 0.25) is 0 Å². The summed E-state index contributed by atoms with van der Waals surface area (Å²) in [5, 5.41) is 3.30. The Bertz CT molecular complexity index is 390. The van der Waals surface area contributed by atoms with E-state index < -0.39 is 5.60 Å². The largest absolute Gasteiger partial charge is 0.456 e. The lowest BCUT2D eigenvalue weighted by molar-refractivity contribution is 0.00694. The van der Waals surface area contributed by atoms with E-state index in [1.807, 2.05) is 20.8 Å². The van der Waals surface area contributed by atoms with Gasteiger partial charge in [0.25, 0.3) is 0 Å². The van der Waals surface area contributed by atoms with E-state index in [1.165, 1.54) is 0 Å². The Labute approximate surface area is 101 Å². The van der Waals surface area contributed by atoms with Gasteiger partial charge in [-0.2, -0.15) is 0 Å². The van der Waals surface area contributed by atoms with Crippen LogP contribution in [0.15, 0.2) is 29.4 Å². The van der Waals surface area contributed by atoms with Gasteiger partial charge in [0.2, 0.25) is 0 Å². The topological polar surface area (TPSA) is 47.9 Å². The standard InChI is InChI=1S/C13H17NO3/c1-13(2,3)17-12(15)11-7-5-10(6-8-11)9-16-14-4/h5-8H,4,9H2,1-3H3. The van der Waals surface area contributed by atoms with Gasteiger partial charge in [0.15, 0.2) is 0 Å². The normalized spacial score (nSPS) is 10.8. The zero-order valence-corrected chi connectivity index (χ0v) is 10.4. The fraction of sp³-hybridized carbons (Fsp3) is 0.385. The van der Waals surface area contributed by atoms with E-state index in [2.05, 4.69) is 11.9 Å². The molecule has 0 aliphatic carbocycles. The second-order valence-corrected chi connectivity index (χ2v) is 4.60. The van der Waals surface area contributed by atoms with Crippen LogP contribution in [-0.4, -0.2) is 18.3 Å². The summed E-state index contributed by atoms with van der Waals surface area (Å²) in [6, 6.07) is 7.00. The van der Waals surface area contributed by atoms with Crippen molar-refractivity contribution in [2.75, 3.05) is 0 Å². The highest BCUT2D eigenvalue weighted by Gasteiger charge is 2.17. The molecule has 1 rings (SSSR count). The molecule has 0 atom stereocenters. The second kappa shape index (κ2) is 5.48. The van der Waals surface area contributed by atoms with Crippen molar-refractivity contribution in [2.24, 2.45) is 5.16 Å². The molecule has 0 bridgehead atoms. The molecule has 17 heavy (non-hydrogen) atoms. The van der Waals surface area contributed by atoms with E-state index in [0.29, 0.717) is 12.2 Å². The second-order valence-electron chi connectivity index (χ2n) is 4.60. The fourth-order valence-corrected chi connectivity index (χ4v) is 1.19. The quantitative estimate of drug-likeness (QED) is 0.458. The first kappa shape index (κ1) is 13.2. The zero-order chi connectivity index (χ0) is 12.9. The third-order valence-electron chi connectivity index (χ3n) is 1.91. The zero-order valence-electron chi connectivity index (χ0n) is 10.4. The lowest BCUT2D eigenvalue weighted by Gasteiger charge is -2.19. The first-order chi connectivity index (χ1) is 7.92. The minimum Gasteiger partial charge on any atom is -0.456 e. The first-order valence-corrected chi connectivity index (χ1v) is 5.32. The number of nitrogens with zero attached hydrogens (tertiary/aromatic N) is 1. The van der Waals surface area contributed by atoms with Crippen molar-refractivity contribution >= 4 is 12.7 Å². The first-order valence-electron chi connectivity index (χ1n) is 5.32. The third-order valence-corrected chi connectivity index (χ3v) is 1.91. The highest BCUT2D eigenvalue weighted by molar-refractivity contribution is 5.89. The van der Waals surface area contributed by atoms with Crippen LogP contribution < -0.4 is 0 Å². The molecule has 4 nitrogen and oxygen atoms in total. The minimum atomic E-state index is -0.481. The number of ether oxygens (including phenoxy) is 1. The van der Waals surface area contributed by atoms with E-state index in [0.717, 1.165) is 5.56 Å². The number of hydrogen-bond acceptors (Lipinski definition) is 4. The van der Waals surface area contributed by atoms with Crippen LogP contribution >= 0.6 is 0 Å². The van der Waals surface area contributed by atoms with Crippen molar-refractivity contribution in [2.45, 2.75) is 33.0 Å². The van der Waals surface area contributed by atoms with E-state index in [4.69, 9.17) is 9.57 Å². The van der Waals surface area contributed by atoms with Gasteiger partial charge in [0, 0.05) is 6.72 Å². The molecule has 92 valence electrons. The Morgan fingerprint density at radius 3 is 2.35 bits per heavy atom. The van der Waals surface area contributed by atoms with Crippen LogP contribution in [0.5, 0.6) is 0 Å². The van der Waals surface area contributed by atoms with Gasteiger partial charge < -0.3 is 9.57 Å². The number of esters is 1. The number of rotatable bonds is 4. The Morgan fingerprint density at radius 1 is 1.29 bits per heavy atom. The van der Waals surface area contributed by atoms with Crippen molar-refractivity contribution in [1.82, 2.24) is 0 Å². The average molecular weight is 235 g/mol. The maximum Gasteiger partial charge on any atom is 0.338 e. The highest BCUT2D eigenvalue weighted by atomic mass is 16.6. The minimum absolute atomic E-state index is 0.327. The number of carbonyl (C=O) groups excluding carboxylic acids is 1. The fourth-order valence-electron chi connectivity index (χ4n) is 1.19. The Morgan fingerprint density at radius 2 is 1.88 bits per heavy atom. The molecular weight excluding hydrogens is 218 g/mol. The average Bonchev–Trinajstić information content (AvgIpc) is 2.24. The van der Waals surface area contributed by atoms with Gasteiger partial charge in [-0.15, -0.1) is 5.16 Å². The lowest BCUT2D eigenvalue weighted by atomic mass is 10.1. The Kier molecular flexibility index (Phi) is 4.26. The molecule has 0 aliphatic rings. The monoisotopic (exact) mass is 235 g/mol. The maximum atomic E-state index is 11.7. The molecule has 1 aromatic rings. The van der Waals surface area contributed by atoms with Crippen LogP contribution in [0.25, 0.3) is 0 Å². The molecular formula is C13H17NO3. The van der Waals surface area contributed by atoms with Crippen LogP contribution in [-0.2, 0) is 16.2 Å². The van der Waals surface area contributed by atoms with Gasteiger partial charge in [-0.3, -0.25) is 0 Å². The van der Waals surface area contributed by atoms with E-state index in [9.17, 15) is 4.79 Å². The van der Waals surface area contributed by atoms with Crippen molar-refractivity contribution in [3.63, 3.8) is 0 Å². The van der Waals surface area contributed by atoms with Crippen LogP contribution in [0, 0.1) is 0 Å². The predicted octanol–water partition coefficient (Wildman–Crippen LogP) is 2.77. The highest BCUT2D eigenvalue weighted by Crippen LogP contribution is 2.13. The summed E-state index contributed by atoms with van der Waals surface area (Å²) in [5.74, 6) is -0.327. The number of oxime groups is 1. The van der Waals surface area contributed by atoms with Gasteiger partial charge in [-0.1, -0.05) is 12.1 Å². The molecule has 4 heteroatoms. The van der Waals surface area contributed by atoms with Crippen molar-refractivity contribution in [3.05, 3.63) is 35.4 Å². The van der Waals surface area contributed by atoms with Crippen molar-refractivity contribution < 1.29 is 14.4 Å². The predicted molar refractivity (Wildman–Crippen MR) is 65.9 cm³/mol. The summed E-state index contributed by atoms with van der Waals surface area (Å²) in [7, 11) is 0. The molecule has 1 aromatic carbocycles. The van der Waals surface area contributed by atoms with E-state index >= 15 is 0 Å². The lowest BCUT2D eigenvalue weighted by Crippen LogP contribution is -2.23. The van der Waals surface area contributed by atoms with Gasteiger partial charge in [-0.25, -0.2) is 4.79 Å². The molecule has 0 N–H and O–H groups in total. The number of benzene rings is 1. The third kappa shape index (κ3) is 4.68. The van der Waals surface area contributed by atoms with E-state index in [1.54, 1.807) is 24.3 Å². The molecule has 0 saturated heterocycles. The number of hydrogen-bond donors (Lipinski definition) is 0. The van der Waals surface area contributed by atoms with Crippen molar-refractivity contribution in [1.29, 1.82) is 0 Å². The van der Waals surface area contributed by atoms with Crippen molar-refractivity contribution in [3.8, 4) is 0 Å². The van der Waals surface area contributed by atoms with Gasteiger partial charge in [0.05, 0.1) is 5.56 Å². The maximum absolute atomic E-state index is 11.7. The molecule has 0 saturated carbocycles. The van der Waals surface area contributed by atoms with Crippen LogP contribution in [0.4, 0.5) is 0 Å². The summed E-state index contributed by atoms with van der Waals surface area (Å²) >= 11 is 0. The molecule has 0 aliphatic heterocycles. The summed E-state index contributed by atoms with van der Waals surface area (Å²) in [5.41, 5.74) is 0.964. The van der Waals surface area contributed by atoms with E-state index in [-0.39, 0.29) is 5.97 Å². The SMILES string of the molecule is C=NOCc1ccc(C(=O)OC(C)(C)C)cc1. The summed E-state index contributed by atoms with van der Waals surface area (Å²) in [4.78, 5) is 16.5. The molecule has 0 aromatic heterocycles. The summed E-state index contributed by atoms with van der Waals surface area (Å²) in [6.45, 7) is 9.07. The Hall–Kier alpha value is -1.84. The summed E-state index contributed by atoms with van der Waals surface area (Å²) < 4.78 is 5.25. The molecule has 0 spiro atoms. The van der Waals surface area contributed by atoms with Crippen LogP contribution in [0.1, 0.15) is 36.7 Å². The van der Waals surface area contributed by atoms with Gasteiger partial charge >= 0.3 is 5.97 Å². The molecule has 0 heterocycles. The molecule has 0 fully saturated rings. The van der Waals surface area contributed by atoms with Crippen LogP contribution in [0.3, 0.4) is 0 Å². The molecule has 0 amide bonds.